The second-order valence-electron chi connectivity index (χ2n) is 0.597. The van der Waals surface area contributed by atoms with Gasteiger partial charge in [0.15, 0.2) is 0 Å². The van der Waals surface area contributed by atoms with E-state index in [2.05, 4.69) is 0 Å². The normalized spacial score (nSPS) is 7.89. The first-order chi connectivity index (χ1) is 3.41. The van der Waals surface area contributed by atoms with Gasteiger partial charge in [0, 0.05) is 5.34 Å². The average Bonchev–Trinajstić information content (AvgIpc) is 1.27. The van der Waals surface area contributed by atoms with Crippen molar-refractivity contribution in [2.75, 3.05) is 0 Å². The van der Waals surface area contributed by atoms with Gasteiger partial charge in [-0.2, -0.15) is 0 Å². The van der Waals surface area contributed by atoms with Gasteiger partial charge in [-0.15, -0.1) is 0 Å². The van der Waals surface area contributed by atoms with Gasteiger partial charge in [-0.25, -0.2) is 4.57 Å². The Kier molecular flexibility index (Phi) is 16.9. The molecular formula is H5KNO6P. The Morgan fingerprint density at radius 2 is 1.33 bits per heavy atom. The molecule has 0 rings (SSSR count). The summed E-state index contributed by atoms with van der Waals surface area (Å²) in [5, 5.41) is 8.38. The summed E-state index contributed by atoms with van der Waals surface area (Å²) < 4.78 is 8.88. The van der Waals surface area contributed by atoms with Crippen molar-refractivity contribution in [1.29, 1.82) is 0 Å². The minimum absolute atomic E-state index is 0. The molecule has 0 unspecified atom stereocenters. The number of phosphoric acid groups is 1. The van der Waals surface area contributed by atoms with Crippen LogP contribution >= 0.6 is 7.82 Å². The zero-order valence-electron chi connectivity index (χ0n) is 3.51. The van der Waals surface area contributed by atoms with Crippen molar-refractivity contribution in [3.8, 4) is 0 Å². The van der Waals surface area contributed by atoms with Crippen molar-refractivity contribution in [3.63, 3.8) is 0 Å². The van der Waals surface area contributed by atoms with Gasteiger partial charge in [0.2, 0.25) is 0 Å². The van der Waals surface area contributed by atoms with Crippen LogP contribution in [0.5, 0.6) is 0 Å². The Morgan fingerprint density at radius 1 is 1.33 bits per heavy atom. The maximum atomic E-state index is 8.88. The number of nitrogens with one attached hydrogen (secondary N) is 1. The summed E-state index contributed by atoms with van der Waals surface area (Å²) in [5.41, 5.74) is 0. The molecule has 0 aliphatic rings. The molecular weight excluding hydrogens is 180 g/mol. The van der Waals surface area contributed by atoms with Crippen LogP contribution < -0.4 is 5.34 Å². The molecule has 9 heteroatoms. The summed E-state index contributed by atoms with van der Waals surface area (Å²) >= 11 is 0. The van der Waals surface area contributed by atoms with Crippen molar-refractivity contribution < 1.29 is 24.6 Å². The second kappa shape index (κ2) is 9.15. The van der Waals surface area contributed by atoms with Crippen LogP contribution in [0.15, 0.2) is 0 Å². The van der Waals surface area contributed by atoms with Crippen LogP contribution in [-0.4, -0.2) is 66.1 Å². The van der Waals surface area contributed by atoms with E-state index >= 15 is 0 Å². The van der Waals surface area contributed by atoms with Crippen LogP contribution in [0.1, 0.15) is 0 Å². The van der Waals surface area contributed by atoms with E-state index in [1.165, 1.54) is 0 Å². The van der Waals surface area contributed by atoms with Crippen LogP contribution in [0.4, 0.5) is 0 Å². The van der Waals surface area contributed by atoms with E-state index in [-0.39, 0.29) is 56.7 Å². The molecule has 0 saturated carbocycles. The Balaban J connectivity index is -0.0000000800. The maximum absolute atomic E-state index is 8.88. The molecule has 0 fully saturated rings. The van der Waals surface area contributed by atoms with Crippen molar-refractivity contribution in [2.45, 2.75) is 0 Å². The van der Waals surface area contributed by atoms with Crippen LogP contribution in [0.3, 0.4) is 0 Å². The van der Waals surface area contributed by atoms with Crippen LogP contribution in [0, 0.1) is 10.1 Å². The first kappa shape index (κ1) is 16.6. The van der Waals surface area contributed by atoms with Gasteiger partial charge in [-0.05, 0) is 0 Å². The molecule has 52 valence electrons. The monoisotopic (exact) mass is 185 g/mol. The molecule has 0 atom stereocenters. The summed E-state index contributed by atoms with van der Waals surface area (Å²) in [6.45, 7) is 0. The van der Waals surface area contributed by atoms with Gasteiger partial charge in [0.25, 0.3) is 0 Å². The minimum atomic E-state index is -4.64. The fraction of sp³-hybridized carbons (Fsp3) is 0. The molecule has 0 aliphatic heterocycles. The first-order valence-electron chi connectivity index (χ1n) is 1.19. The summed E-state index contributed by atoms with van der Waals surface area (Å²) in [6.07, 6.45) is 0. The first-order valence-corrected chi connectivity index (χ1v) is 2.76. The van der Waals surface area contributed by atoms with Gasteiger partial charge in [0.05, 0.1) is 0 Å². The van der Waals surface area contributed by atoms with E-state index in [9.17, 15) is 0 Å². The van der Waals surface area contributed by atoms with Crippen LogP contribution in [-0.2, 0) is 4.57 Å². The molecule has 0 bridgehead atoms. The average molecular weight is 185 g/mol. The third-order valence-corrected chi connectivity index (χ3v) is 0. The third kappa shape index (κ3) is 355. The quantitative estimate of drug-likeness (QED) is 0.136. The molecule has 4 N–H and O–H groups in total. The Morgan fingerprint density at radius 3 is 1.33 bits per heavy atom. The Hall–Kier alpha value is 1.15. The Bertz CT molecular complexity index is 87.0. The van der Waals surface area contributed by atoms with Crippen molar-refractivity contribution in [2.24, 2.45) is 0 Å². The Labute approximate surface area is 92.7 Å². The van der Waals surface area contributed by atoms with Gasteiger partial charge in [0.1, 0.15) is 0 Å². The molecule has 0 heterocycles. The van der Waals surface area contributed by atoms with Crippen molar-refractivity contribution >= 4 is 59.2 Å². The fourth-order valence-corrected chi connectivity index (χ4v) is 0. The number of rotatable bonds is 0. The van der Waals surface area contributed by atoms with Crippen molar-refractivity contribution in [3.05, 3.63) is 10.1 Å². The zero-order chi connectivity index (χ0) is 7.21. The fourth-order valence-electron chi connectivity index (χ4n) is 0. The van der Waals surface area contributed by atoms with E-state index in [4.69, 9.17) is 29.4 Å². The molecule has 7 nitrogen and oxygen atoms in total. The van der Waals surface area contributed by atoms with Gasteiger partial charge < -0.3 is 14.7 Å². The second-order valence-corrected chi connectivity index (χ2v) is 1.62. The van der Waals surface area contributed by atoms with Gasteiger partial charge in [-0.1, -0.05) is 0 Å². The topological polar surface area (TPSA) is 132 Å². The molecule has 0 saturated heterocycles. The standard InChI is InChI=1S/K.HNO2.H3O4P.H/c;2-1-3;1-5(2,3)4;/h;1H;(H3,1,2,3,4);. The molecule has 0 amide bonds. The summed E-state index contributed by atoms with van der Waals surface area (Å²) in [4.78, 5) is 29.7. The van der Waals surface area contributed by atoms with E-state index < -0.39 is 7.82 Å². The van der Waals surface area contributed by atoms with Crippen LogP contribution in [0.2, 0.25) is 0 Å². The summed E-state index contributed by atoms with van der Waals surface area (Å²) in [6, 6.07) is 0. The van der Waals surface area contributed by atoms with Crippen molar-refractivity contribution in [1.82, 2.24) is 0 Å². The predicted molar refractivity (Wildman–Crippen MR) is 29.1 cm³/mol. The number of hydrogen-bond donors (Lipinski definition) is 4. The molecule has 0 aromatic heterocycles. The summed E-state index contributed by atoms with van der Waals surface area (Å²) in [5.74, 6) is 0. The number of hydrogen-bond acceptors (Lipinski definition) is 3. The summed E-state index contributed by atoms with van der Waals surface area (Å²) in [7, 11) is -4.64. The molecule has 9 heavy (non-hydrogen) atoms. The zero-order valence-corrected chi connectivity index (χ0v) is 4.41. The van der Waals surface area contributed by atoms with Gasteiger partial charge >= 0.3 is 59.2 Å². The van der Waals surface area contributed by atoms with E-state index in [0.717, 1.165) is 0 Å². The molecule has 0 aromatic carbocycles. The predicted octanol–water partition coefficient (Wildman–Crippen LogP) is -3.25. The molecule has 0 radical (unpaired) electrons. The molecule has 0 aliphatic carbocycles. The van der Waals surface area contributed by atoms with E-state index in [1.807, 2.05) is 0 Å². The molecule has 0 aromatic rings. The SMILES string of the molecule is O=P(O)(O)O.O=[NH+][O-].[KH]. The third-order valence-electron chi connectivity index (χ3n) is 0. The van der Waals surface area contributed by atoms with Crippen LogP contribution in [0.25, 0.3) is 0 Å². The van der Waals surface area contributed by atoms with E-state index in [0.29, 0.717) is 0 Å². The van der Waals surface area contributed by atoms with E-state index in [1.54, 1.807) is 0 Å². The van der Waals surface area contributed by atoms with Gasteiger partial charge in [-0.3, -0.25) is 10.1 Å². The molecule has 0 spiro atoms.